The van der Waals surface area contributed by atoms with E-state index in [9.17, 15) is 14.0 Å². The van der Waals surface area contributed by atoms with Crippen molar-refractivity contribution in [3.8, 4) is 5.75 Å². The average molecular weight is 439 g/mol. The summed E-state index contributed by atoms with van der Waals surface area (Å²) in [6.07, 6.45) is 9.57. The van der Waals surface area contributed by atoms with Crippen molar-refractivity contribution in [1.82, 2.24) is 0 Å². The van der Waals surface area contributed by atoms with Crippen LogP contribution in [0, 0.1) is 23.6 Å². The second-order valence-electron chi connectivity index (χ2n) is 9.25. The fraction of sp³-hybridized carbons (Fsp3) is 0.481. The molecule has 0 saturated heterocycles. The van der Waals surface area contributed by atoms with Gasteiger partial charge >= 0.3 is 11.9 Å². The summed E-state index contributed by atoms with van der Waals surface area (Å²) < 4.78 is 24.4. The van der Waals surface area contributed by atoms with Crippen LogP contribution in [0.15, 0.2) is 48.5 Å². The lowest BCUT2D eigenvalue weighted by molar-refractivity contribution is -0.00620. The lowest BCUT2D eigenvalue weighted by Gasteiger charge is -2.41. The predicted octanol–water partition coefficient (Wildman–Crippen LogP) is 6.59. The van der Waals surface area contributed by atoms with Crippen LogP contribution in [-0.4, -0.2) is 18.0 Å². The van der Waals surface area contributed by atoms with Crippen molar-refractivity contribution in [2.75, 3.05) is 0 Å². The number of hydrogen-bond donors (Lipinski definition) is 0. The molecule has 2 saturated carbocycles. The molecule has 0 spiro atoms. The zero-order valence-electron chi connectivity index (χ0n) is 18.6. The van der Waals surface area contributed by atoms with Gasteiger partial charge in [-0.3, -0.25) is 0 Å². The Balaban J connectivity index is 1.28. The first-order chi connectivity index (χ1) is 15.5. The molecule has 2 fully saturated rings. The minimum atomic E-state index is -0.648. The summed E-state index contributed by atoms with van der Waals surface area (Å²) in [6, 6.07) is 11.6. The van der Waals surface area contributed by atoms with Crippen molar-refractivity contribution in [1.29, 1.82) is 0 Å². The molecule has 0 bridgehead atoms. The first-order valence-corrected chi connectivity index (χ1v) is 11.8. The van der Waals surface area contributed by atoms with E-state index < -0.39 is 11.8 Å². The van der Waals surface area contributed by atoms with Crippen LogP contribution in [0.3, 0.4) is 0 Å². The summed E-state index contributed by atoms with van der Waals surface area (Å²) >= 11 is 0. The van der Waals surface area contributed by atoms with E-state index in [4.69, 9.17) is 9.47 Å². The smallest absolute Gasteiger partial charge is 0.343 e. The van der Waals surface area contributed by atoms with Crippen LogP contribution in [-0.2, 0) is 4.74 Å². The number of carbonyl (C=O) groups excluding carboxylic acids is 2. The average Bonchev–Trinajstić information content (AvgIpc) is 2.80. The molecule has 0 aromatic heterocycles. The molecule has 2 aliphatic rings. The predicted molar refractivity (Wildman–Crippen MR) is 120 cm³/mol. The van der Waals surface area contributed by atoms with Gasteiger partial charge in [-0.25, -0.2) is 14.0 Å². The zero-order chi connectivity index (χ0) is 22.5. The van der Waals surface area contributed by atoms with Gasteiger partial charge in [0.05, 0.1) is 11.1 Å². The fourth-order valence-electron chi connectivity index (χ4n) is 5.38. The van der Waals surface area contributed by atoms with E-state index in [0.717, 1.165) is 37.2 Å². The van der Waals surface area contributed by atoms with Gasteiger partial charge < -0.3 is 9.47 Å². The molecule has 0 heterocycles. The highest BCUT2D eigenvalue weighted by Gasteiger charge is 2.36. The summed E-state index contributed by atoms with van der Waals surface area (Å²) in [5.41, 5.74) is 0.567. The molecule has 0 aliphatic heterocycles. The molecule has 0 radical (unpaired) electrons. The van der Waals surface area contributed by atoms with E-state index >= 15 is 0 Å². The Kier molecular flexibility index (Phi) is 7.23. The second-order valence-corrected chi connectivity index (χ2v) is 9.25. The zero-order valence-corrected chi connectivity index (χ0v) is 18.6. The minimum absolute atomic E-state index is 0.0167. The highest BCUT2D eigenvalue weighted by molar-refractivity contribution is 5.92. The number of hydrogen-bond acceptors (Lipinski definition) is 4. The molecule has 32 heavy (non-hydrogen) atoms. The number of rotatable bonds is 6. The van der Waals surface area contributed by atoms with Crippen molar-refractivity contribution >= 4 is 11.9 Å². The van der Waals surface area contributed by atoms with Crippen molar-refractivity contribution in [2.45, 2.75) is 64.4 Å². The molecule has 4 rings (SSSR count). The second kappa shape index (κ2) is 10.3. The molecule has 0 N–H and O–H groups in total. The van der Waals surface area contributed by atoms with E-state index in [1.165, 1.54) is 50.3 Å². The van der Waals surface area contributed by atoms with Crippen molar-refractivity contribution in [2.24, 2.45) is 17.8 Å². The van der Waals surface area contributed by atoms with Gasteiger partial charge in [0.25, 0.3) is 0 Å². The summed E-state index contributed by atoms with van der Waals surface area (Å²) in [7, 11) is 0. The van der Waals surface area contributed by atoms with Crippen LogP contribution in [0.2, 0.25) is 0 Å². The topological polar surface area (TPSA) is 52.6 Å². The van der Waals surface area contributed by atoms with Crippen LogP contribution in [0.4, 0.5) is 4.39 Å². The lowest BCUT2D eigenvalue weighted by atomic mass is 9.66. The molecular formula is C27H31FO4. The van der Waals surface area contributed by atoms with Crippen molar-refractivity contribution in [3.63, 3.8) is 0 Å². The number of carbonyl (C=O) groups is 2. The SMILES string of the molecule is CCC[C@H]1CC[C@H]2C[C@H](OC(=O)c3ccc(OC(=O)c4cccc(F)c4)cc3)CC[C@@H]2C1. The third-order valence-electron chi connectivity index (χ3n) is 7.01. The summed E-state index contributed by atoms with van der Waals surface area (Å²) in [4.78, 5) is 24.8. The molecule has 2 aromatic rings. The van der Waals surface area contributed by atoms with Crippen LogP contribution in [0.25, 0.3) is 0 Å². The molecule has 0 unspecified atom stereocenters. The monoisotopic (exact) mass is 438 g/mol. The van der Waals surface area contributed by atoms with Crippen LogP contribution >= 0.6 is 0 Å². The summed E-state index contributed by atoms with van der Waals surface area (Å²) in [5.74, 6) is 1.16. The molecule has 0 amide bonds. The fourth-order valence-corrected chi connectivity index (χ4v) is 5.38. The standard InChI is InChI=1S/C27H31FO4/c1-2-4-18-7-8-21-17-25(14-11-20(21)15-18)32-26(29)19-9-12-24(13-10-19)31-27(30)22-5-3-6-23(28)16-22/h3,5-6,9-10,12-13,16,18,20-21,25H,2,4,7-8,11,14-15,17H2,1H3/t18-,20+,21-,25+/m0/s1. The van der Waals surface area contributed by atoms with E-state index in [0.29, 0.717) is 17.2 Å². The van der Waals surface area contributed by atoms with Gasteiger partial charge in [0.1, 0.15) is 17.7 Å². The van der Waals surface area contributed by atoms with Gasteiger partial charge in [-0.05, 0) is 92.3 Å². The maximum absolute atomic E-state index is 13.3. The number of halogens is 1. The quantitative estimate of drug-likeness (QED) is 0.377. The Morgan fingerprint density at radius 2 is 1.66 bits per heavy atom. The van der Waals surface area contributed by atoms with E-state index in [2.05, 4.69) is 6.92 Å². The third-order valence-corrected chi connectivity index (χ3v) is 7.01. The van der Waals surface area contributed by atoms with E-state index in [-0.39, 0.29) is 17.6 Å². The Labute approximate surface area is 189 Å². The Bertz CT molecular complexity index is 939. The highest BCUT2D eigenvalue weighted by atomic mass is 19.1. The van der Waals surface area contributed by atoms with Crippen LogP contribution in [0.5, 0.6) is 5.75 Å². The number of benzene rings is 2. The van der Waals surface area contributed by atoms with Gasteiger partial charge in [0, 0.05) is 0 Å². The van der Waals surface area contributed by atoms with E-state index in [1.807, 2.05) is 0 Å². The molecule has 2 aliphatic carbocycles. The maximum atomic E-state index is 13.3. The van der Waals surface area contributed by atoms with Gasteiger partial charge in [0.2, 0.25) is 0 Å². The number of fused-ring (bicyclic) bond motifs is 1. The summed E-state index contributed by atoms with van der Waals surface area (Å²) in [5, 5.41) is 0. The number of esters is 2. The molecule has 170 valence electrons. The normalized spacial score (nSPS) is 24.9. The highest BCUT2D eigenvalue weighted by Crippen LogP contribution is 2.44. The first-order valence-electron chi connectivity index (χ1n) is 11.8. The van der Waals surface area contributed by atoms with Gasteiger partial charge in [-0.1, -0.05) is 32.3 Å². The van der Waals surface area contributed by atoms with Crippen molar-refractivity contribution < 1.29 is 23.5 Å². The molecule has 4 nitrogen and oxygen atoms in total. The largest absolute Gasteiger partial charge is 0.459 e. The molecular weight excluding hydrogens is 407 g/mol. The molecule has 4 atom stereocenters. The Morgan fingerprint density at radius 3 is 2.41 bits per heavy atom. The Hall–Kier alpha value is -2.69. The van der Waals surface area contributed by atoms with Gasteiger partial charge in [-0.15, -0.1) is 0 Å². The van der Waals surface area contributed by atoms with Crippen molar-refractivity contribution in [3.05, 3.63) is 65.5 Å². The molecule has 2 aromatic carbocycles. The summed E-state index contributed by atoms with van der Waals surface area (Å²) in [6.45, 7) is 2.27. The van der Waals surface area contributed by atoms with Gasteiger partial charge in [-0.2, -0.15) is 0 Å². The Morgan fingerprint density at radius 1 is 0.906 bits per heavy atom. The van der Waals surface area contributed by atoms with Crippen LogP contribution in [0.1, 0.15) is 79.0 Å². The van der Waals surface area contributed by atoms with E-state index in [1.54, 1.807) is 24.3 Å². The first kappa shape index (κ1) is 22.5. The third kappa shape index (κ3) is 5.56. The van der Waals surface area contributed by atoms with Crippen LogP contribution < -0.4 is 4.74 Å². The van der Waals surface area contributed by atoms with Gasteiger partial charge in [0.15, 0.2) is 0 Å². The maximum Gasteiger partial charge on any atom is 0.343 e. The molecule has 5 heteroatoms. The minimum Gasteiger partial charge on any atom is -0.459 e. The number of ether oxygens (including phenoxy) is 2. The lowest BCUT2D eigenvalue weighted by Crippen LogP contribution is -2.35.